The number of rotatable bonds is 5. The minimum Gasteiger partial charge on any atom is -0.300 e. The summed E-state index contributed by atoms with van der Waals surface area (Å²) < 4.78 is 15.0. The third kappa shape index (κ3) is 3.74. The molecule has 0 aliphatic carbocycles. The van der Waals surface area contributed by atoms with Crippen LogP contribution in [-0.4, -0.2) is 25.5 Å². The van der Waals surface area contributed by atoms with Gasteiger partial charge in [0.15, 0.2) is 4.96 Å². The molecule has 3 aromatic heterocycles. The van der Waals surface area contributed by atoms with Crippen LogP contribution in [0.15, 0.2) is 35.8 Å². The molecule has 138 valence electrons. The third-order valence-electron chi connectivity index (χ3n) is 3.95. The number of aromatic nitrogens is 4. The van der Waals surface area contributed by atoms with Crippen LogP contribution in [-0.2, 0) is 11.2 Å². The third-order valence-corrected chi connectivity index (χ3v) is 5.97. The van der Waals surface area contributed by atoms with Crippen molar-refractivity contribution in [3.8, 4) is 11.3 Å². The normalized spacial score (nSPS) is 11.4. The highest BCUT2D eigenvalue weighted by atomic mass is 32.1. The number of nitrogens with zero attached hydrogens (tertiary/aromatic N) is 4. The number of nitrogens with one attached hydrogen (secondary N) is 1. The van der Waals surface area contributed by atoms with Gasteiger partial charge in [-0.15, -0.1) is 21.5 Å². The van der Waals surface area contributed by atoms with E-state index in [4.69, 9.17) is 0 Å². The molecule has 27 heavy (non-hydrogen) atoms. The Kier molecular flexibility index (Phi) is 4.71. The Bertz CT molecular complexity index is 1100. The van der Waals surface area contributed by atoms with Gasteiger partial charge in [0.05, 0.1) is 12.1 Å². The fourth-order valence-electron chi connectivity index (χ4n) is 2.56. The predicted octanol–water partition coefficient (Wildman–Crippen LogP) is 4.36. The van der Waals surface area contributed by atoms with Gasteiger partial charge in [-0.1, -0.05) is 25.2 Å². The van der Waals surface area contributed by atoms with Crippen LogP contribution in [0.3, 0.4) is 0 Å². The molecular formula is C18H16FN5OS2. The first-order valence-electron chi connectivity index (χ1n) is 8.34. The first-order valence-corrected chi connectivity index (χ1v) is 10.0. The molecule has 1 amide bonds. The number of hydrogen-bond acceptors (Lipinski definition) is 6. The molecule has 0 saturated heterocycles. The fourth-order valence-corrected chi connectivity index (χ4v) is 4.20. The van der Waals surface area contributed by atoms with Gasteiger partial charge in [-0.2, -0.15) is 0 Å². The number of anilines is 1. The van der Waals surface area contributed by atoms with Gasteiger partial charge < -0.3 is 5.32 Å². The van der Waals surface area contributed by atoms with Crippen molar-refractivity contribution in [2.45, 2.75) is 26.2 Å². The van der Waals surface area contributed by atoms with Crippen LogP contribution in [0, 0.1) is 5.82 Å². The van der Waals surface area contributed by atoms with Gasteiger partial charge in [0.25, 0.3) is 0 Å². The van der Waals surface area contributed by atoms with E-state index in [1.807, 2.05) is 29.8 Å². The van der Waals surface area contributed by atoms with E-state index >= 15 is 0 Å². The summed E-state index contributed by atoms with van der Waals surface area (Å²) in [5.74, 6) is -0.159. The summed E-state index contributed by atoms with van der Waals surface area (Å²) in [6, 6.07) is 6.20. The zero-order valence-corrected chi connectivity index (χ0v) is 16.3. The number of fused-ring (bicyclic) bond motifs is 1. The predicted molar refractivity (Wildman–Crippen MR) is 105 cm³/mol. The number of carbonyl (C=O) groups is 1. The molecular weight excluding hydrogens is 385 g/mol. The van der Waals surface area contributed by atoms with Crippen LogP contribution in [0.25, 0.3) is 16.2 Å². The Morgan fingerprint density at radius 3 is 2.74 bits per heavy atom. The molecule has 4 rings (SSSR count). The number of carbonyl (C=O) groups excluding carboxylic acids is 1. The monoisotopic (exact) mass is 401 g/mol. The summed E-state index contributed by atoms with van der Waals surface area (Å²) >= 11 is 2.85. The summed E-state index contributed by atoms with van der Waals surface area (Å²) in [6.45, 7) is 4.07. The van der Waals surface area contributed by atoms with Gasteiger partial charge in [-0.05, 0) is 24.3 Å². The van der Waals surface area contributed by atoms with Gasteiger partial charge in [-0.25, -0.2) is 9.37 Å². The van der Waals surface area contributed by atoms with Crippen molar-refractivity contribution in [1.29, 1.82) is 0 Å². The Labute approximate surface area is 162 Å². The second kappa shape index (κ2) is 7.16. The molecule has 3 heterocycles. The first-order chi connectivity index (χ1) is 13.0. The van der Waals surface area contributed by atoms with E-state index in [-0.39, 0.29) is 24.1 Å². The standard InChI is InChI=1S/C18H16FN5OS2/c1-10(2)16-22-23-17(27-16)21-15(25)7-13-9-26-18-20-14(8-24(13)18)11-3-5-12(19)6-4-11/h3-6,8-10H,7H2,1-2H3,(H,21,23,25). The molecule has 9 heteroatoms. The zero-order chi connectivity index (χ0) is 19.0. The van der Waals surface area contributed by atoms with Gasteiger partial charge in [0.2, 0.25) is 11.0 Å². The minimum absolute atomic E-state index is 0.154. The van der Waals surface area contributed by atoms with E-state index < -0.39 is 0 Å². The molecule has 0 unspecified atom stereocenters. The smallest absolute Gasteiger partial charge is 0.232 e. The van der Waals surface area contributed by atoms with Crippen molar-refractivity contribution in [3.63, 3.8) is 0 Å². The van der Waals surface area contributed by atoms with E-state index in [1.165, 1.54) is 34.8 Å². The number of imidazole rings is 1. The average Bonchev–Trinajstić information content (AvgIpc) is 3.33. The maximum atomic E-state index is 13.1. The second-order valence-corrected chi connectivity index (χ2v) is 8.18. The summed E-state index contributed by atoms with van der Waals surface area (Å²) in [7, 11) is 0. The van der Waals surface area contributed by atoms with E-state index in [0.29, 0.717) is 5.13 Å². The molecule has 0 spiro atoms. The van der Waals surface area contributed by atoms with Gasteiger partial charge in [0, 0.05) is 28.8 Å². The Morgan fingerprint density at radius 2 is 2.04 bits per heavy atom. The largest absolute Gasteiger partial charge is 0.300 e. The van der Waals surface area contributed by atoms with E-state index in [1.54, 1.807) is 12.1 Å². The summed E-state index contributed by atoms with van der Waals surface area (Å²) in [5.41, 5.74) is 2.41. The molecule has 0 bridgehead atoms. The van der Waals surface area contributed by atoms with Crippen molar-refractivity contribution in [1.82, 2.24) is 19.6 Å². The lowest BCUT2D eigenvalue weighted by atomic mass is 10.2. The SMILES string of the molecule is CC(C)c1nnc(NC(=O)Cc2csc3nc(-c4ccc(F)cc4)cn23)s1. The Balaban J connectivity index is 1.51. The molecule has 0 radical (unpaired) electrons. The number of amides is 1. The van der Waals surface area contributed by atoms with Crippen LogP contribution in [0.1, 0.15) is 30.5 Å². The highest BCUT2D eigenvalue weighted by Gasteiger charge is 2.15. The van der Waals surface area contributed by atoms with Crippen LogP contribution in [0.4, 0.5) is 9.52 Å². The molecule has 6 nitrogen and oxygen atoms in total. The van der Waals surface area contributed by atoms with E-state index in [0.717, 1.165) is 26.9 Å². The van der Waals surface area contributed by atoms with Crippen LogP contribution in [0.2, 0.25) is 0 Å². The second-order valence-electron chi connectivity index (χ2n) is 6.34. The fraction of sp³-hybridized carbons (Fsp3) is 0.222. The number of halogens is 1. The molecule has 1 N–H and O–H groups in total. The quantitative estimate of drug-likeness (QED) is 0.539. The lowest BCUT2D eigenvalue weighted by Crippen LogP contribution is -2.15. The van der Waals surface area contributed by atoms with Crippen molar-refractivity contribution < 1.29 is 9.18 Å². The maximum absolute atomic E-state index is 13.1. The number of hydrogen-bond donors (Lipinski definition) is 1. The number of benzene rings is 1. The minimum atomic E-state index is -0.283. The average molecular weight is 401 g/mol. The van der Waals surface area contributed by atoms with Crippen molar-refractivity contribution in [2.75, 3.05) is 5.32 Å². The highest BCUT2D eigenvalue weighted by Crippen LogP contribution is 2.25. The maximum Gasteiger partial charge on any atom is 0.232 e. The van der Waals surface area contributed by atoms with Gasteiger partial charge in [-0.3, -0.25) is 9.20 Å². The molecule has 0 aliphatic heterocycles. The Hall–Kier alpha value is -2.65. The summed E-state index contributed by atoms with van der Waals surface area (Å²) in [4.78, 5) is 17.7. The molecule has 0 aliphatic rings. The zero-order valence-electron chi connectivity index (χ0n) is 14.6. The lowest BCUT2D eigenvalue weighted by molar-refractivity contribution is -0.115. The van der Waals surface area contributed by atoms with Crippen LogP contribution < -0.4 is 5.32 Å². The summed E-state index contributed by atoms with van der Waals surface area (Å²) in [5, 5.41) is 14.2. The van der Waals surface area contributed by atoms with Gasteiger partial charge in [0.1, 0.15) is 10.8 Å². The molecule has 1 aromatic carbocycles. The Morgan fingerprint density at radius 1 is 1.26 bits per heavy atom. The molecule has 4 aromatic rings. The lowest BCUT2D eigenvalue weighted by Gasteiger charge is -2.00. The molecule has 0 fully saturated rings. The topological polar surface area (TPSA) is 72.2 Å². The molecule has 0 atom stereocenters. The van der Waals surface area contributed by atoms with Crippen LogP contribution in [0.5, 0.6) is 0 Å². The highest BCUT2D eigenvalue weighted by molar-refractivity contribution is 7.15. The van der Waals surface area contributed by atoms with Gasteiger partial charge >= 0.3 is 0 Å². The number of thiazole rings is 1. The van der Waals surface area contributed by atoms with E-state index in [2.05, 4.69) is 20.5 Å². The van der Waals surface area contributed by atoms with Crippen molar-refractivity contribution >= 4 is 38.7 Å². The van der Waals surface area contributed by atoms with Crippen molar-refractivity contribution in [3.05, 3.63) is 52.4 Å². The molecule has 0 saturated carbocycles. The first kappa shape index (κ1) is 17.7. The summed E-state index contributed by atoms with van der Waals surface area (Å²) in [6.07, 6.45) is 2.07. The van der Waals surface area contributed by atoms with Crippen molar-refractivity contribution in [2.24, 2.45) is 0 Å². The van der Waals surface area contributed by atoms with E-state index in [9.17, 15) is 9.18 Å². The van der Waals surface area contributed by atoms with Crippen LogP contribution >= 0.6 is 22.7 Å².